The third-order valence-corrected chi connectivity index (χ3v) is 11.6. The Morgan fingerprint density at radius 3 is 1.62 bits per heavy atom. The number of nitrogens with zero attached hydrogens (tertiary/aromatic N) is 3. The van der Waals surface area contributed by atoms with Gasteiger partial charge in [0.25, 0.3) is 0 Å². The van der Waals surface area contributed by atoms with E-state index >= 15 is 0 Å². The van der Waals surface area contributed by atoms with E-state index in [1.165, 1.54) is 63.4 Å². The van der Waals surface area contributed by atoms with Crippen molar-refractivity contribution < 1.29 is 0 Å². The summed E-state index contributed by atoms with van der Waals surface area (Å²) in [5.74, 6) is 1.96. The lowest BCUT2D eigenvalue weighted by molar-refractivity contribution is 1.08. The molecule has 246 valence electrons. The van der Waals surface area contributed by atoms with Crippen LogP contribution < -0.4 is 0 Å². The van der Waals surface area contributed by atoms with E-state index in [0.717, 1.165) is 27.6 Å². The van der Waals surface area contributed by atoms with Crippen LogP contribution in [0.15, 0.2) is 176 Å². The fraction of sp³-hybridized carbons (Fsp3) is 0. The number of benzene rings is 9. The third kappa shape index (κ3) is 4.91. The molecule has 9 aromatic carbocycles. The predicted molar refractivity (Wildman–Crippen MR) is 224 cm³/mol. The second-order valence-electron chi connectivity index (χ2n) is 13.6. The van der Waals surface area contributed by atoms with Crippen molar-refractivity contribution in [2.24, 2.45) is 0 Å². The molecule has 0 amide bonds. The van der Waals surface area contributed by atoms with Gasteiger partial charge in [0.1, 0.15) is 0 Å². The van der Waals surface area contributed by atoms with Gasteiger partial charge >= 0.3 is 0 Å². The minimum absolute atomic E-state index is 0.647. The van der Waals surface area contributed by atoms with Gasteiger partial charge in [0.05, 0.1) is 0 Å². The van der Waals surface area contributed by atoms with Gasteiger partial charge in [-0.3, -0.25) is 0 Å². The zero-order chi connectivity index (χ0) is 34.9. The van der Waals surface area contributed by atoms with Crippen molar-refractivity contribution in [3.63, 3.8) is 0 Å². The second-order valence-corrected chi connectivity index (χ2v) is 14.6. The van der Waals surface area contributed by atoms with Crippen molar-refractivity contribution in [2.75, 3.05) is 0 Å². The molecule has 2 aromatic heterocycles. The molecular weight excluding hydrogens is 663 g/mol. The molecule has 0 saturated heterocycles. The van der Waals surface area contributed by atoms with Gasteiger partial charge in [0.15, 0.2) is 17.5 Å². The molecular formula is C49H29N3S. The number of hydrogen-bond donors (Lipinski definition) is 0. The van der Waals surface area contributed by atoms with Crippen LogP contribution in [0.25, 0.3) is 109 Å². The largest absolute Gasteiger partial charge is 0.208 e. The minimum Gasteiger partial charge on any atom is -0.208 e. The van der Waals surface area contributed by atoms with Crippen LogP contribution in [0.1, 0.15) is 0 Å². The molecule has 0 aliphatic rings. The summed E-state index contributed by atoms with van der Waals surface area (Å²) in [6, 6.07) is 62.6. The second kappa shape index (κ2) is 11.9. The van der Waals surface area contributed by atoms with Crippen molar-refractivity contribution >= 4 is 74.6 Å². The van der Waals surface area contributed by atoms with Crippen molar-refractivity contribution in [1.29, 1.82) is 0 Å². The highest BCUT2D eigenvalue weighted by atomic mass is 32.1. The fourth-order valence-corrected chi connectivity index (χ4v) is 9.21. The maximum atomic E-state index is 5.34. The standard InChI is InChI=1S/C49H29N3S/c1-2-10-30(11-3-1)32-18-22-35(23-19-32)47-50-48(38-25-20-31-12-4-5-15-36(31)28-38)52-49(51-47)41-29-37-24-21-33-13-6-8-16-39(33)43(37)46-45(41)44-40-17-9-7-14-34(40)26-27-42(44)53-46/h1-29H. The maximum absolute atomic E-state index is 5.34. The molecule has 53 heavy (non-hydrogen) atoms. The molecule has 0 aliphatic carbocycles. The van der Waals surface area contributed by atoms with Crippen molar-refractivity contribution in [2.45, 2.75) is 0 Å². The molecule has 0 aliphatic heterocycles. The van der Waals surface area contributed by atoms with E-state index in [1.807, 2.05) is 17.4 Å². The Hall–Kier alpha value is -6.75. The molecule has 0 fully saturated rings. The van der Waals surface area contributed by atoms with Crippen LogP contribution in [0.4, 0.5) is 0 Å². The Kier molecular flexibility index (Phi) is 6.73. The normalized spacial score (nSPS) is 11.8. The first kappa shape index (κ1) is 29.9. The zero-order valence-corrected chi connectivity index (χ0v) is 29.3. The monoisotopic (exact) mass is 691 g/mol. The van der Waals surface area contributed by atoms with E-state index in [1.54, 1.807) is 0 Å². The topological polar surface area (TPSA) is 38.7 Å². The van der Waals surface area contributed by atoms with Gasteiger partial charge in [-0.1, -0.05) is 158 Å². The Balaban J connectivity index is 1.23. The van der Waals surface area contributed by atoms with Crippen molar-refractivity contribution in [1.82, 2.24) is 15.0 Å². The van der Waals surface area contributed by atoms with Crippen LogP contribution in [-0.2, 0) is 0 Å². The lowest BCUT2D eigenvalue weighted by Crippen LogP contribution is -2.01. The van der Waals surface area contributed by atoms with Gasteiger partial charge in [-0.2, -0.15) is 0 Å². The summed E-state index contributed by atoms with van der Waals surface area (Å²) in [5.41, 5.74) is 5.24. The number of hydrogen-bond acceptors (Lipinski definition) is 4. The third-order valence-electron chi connectivity index (χ3n) is 10.5. The number of aromatic nitrogens is 3. The van der Waals surface area contributed by atoms with E-state index in [-0.39, 0.29) is 0 Å². The first-order valence-corrected chi connectivity index (χ1v) is 18.7. The molecule has 0 atom stereocenters. The molecule has 0 saturated carbocycles. The van der Waals surface area contributed by atoms with Crippen LogP contribution in [0.2, 0.25) is 0 Å². The lowest BCUT2D eigenvalue weighted by Gasteiger charge is -2.13. The average Bonchev–Trinajstić information content (AvgIpc) is 3.64. The summed E-state index contributed by atoms with van der Waals surface area (Å²) in [4.78, 5) is 15.8. The summed E-state index contributed by atoms with van der Waals surface area (Å²) < 4.78 is 2.50. The van der Waals surface area contributed by atoms with Gasteiger partial charge in [0.2, 0.25) is 0 Å². The Labute approximate surface area is 309 Å². The highest BCUT2D eigenvalue weighted by Crippen LogP contribution is 2.48. The van der Waals surface area contributed by atoms with Gasteiger partial charge in [-0.15, -0.1) is 11.3 Å². The average molecular weight is 692 g/mol. The number of rotatable bonds is 4. The molecule has 11 aromatic rings. The van der Waals surface area contributed by atoms with Gasteiger partial charge < -0.3 is 0 Å². The SMILES string of the molecule is c1ccc(-c2ccc(-c3nc(-c4ccc5ccccc5c4)nc(-c4cc5ccc6ccccc6c5c5sc6ccc7ccccc7c6c45)n3)cc2)cc1. The van der Waals surface area contributed by atoms with E-state index in [0.29, 0.717) is 17.5 Å². The van der Waals surface area contributed by atoms with Crippen LogP contribution >= 0.6 is 11.3 Å². The molecule has 0 N–H and O–H groups in total. The lowest BCUT2D eigenvalue weighted by atomic mass is 9.94. The predicted octanol–water partition coefficient (Wildman–Crippen LogP) is 13.5. The van der Waals surface area contributed by atoms with Crippen molar-refractivity contribution in [3.8, 4) is 45.3 Å². The Morgan fingerprint density at radius 2 is 0.849 bits per heavy atom. The molecule has 0 radical (unpaired) electrons. The molecule has 11 rings (SSSR count). The quantitative estimate of drug-likeness (QED) is 0.172. The van der Waals surface area contributed by atoms with E-state index < -0.39 is 0 Å². The first-order chi connectivity index (χ1) is 26.2. The van der Waals surface area contributed by atoms with Crippen LogP contribution in [-0.4, -0.2) is 15.0 Å². The Morgan fingerprint density at radius 1 is 0.321 bits per heavy atom. The summed E-state index contributed by atoms with van der Waals surface area (Å²) in [6.07, 6.45) is 0. The molecule has 2 heterocycles. The van der Waals surface area contributed by atoms with Gasteiger partial charge in [-0.25, -0.2) is 15.0 Å². The van der Waals surface area contributed by atoms with Crippen LogP contribution in [0, 0.1) is 0 Å². The van der Waals surface area contributed by atoms with Crippen LogP contribution in [0.3, 0.4) is 0 Å². The highest BCUT2D eigenvalue weighted by molar-refractivity contribution is 7.27. The maximum Gasteiger partial charge on any atom is 0.164 e. The van der Waals surface area contributed by atoms with Crippen molar-refractivity contribution in [3.05, 3.63) is 176 Å². The van der Waals surface area contributed by atoms with Crippen LogP contribution in [0.5, 0.6) is 0 Å². The zero-order valence-electron chi connectivity index (χ0n) is 28.5. The highest BCUT2D eigenvalue weighted by Gasteiger charge is 2.21. The molecule has 4 heteroatoms. The van der Waals surface area contributed by atoms with E-state index in [9.17, 15) is 0 Å². The van der Waals surface area contributed by atoms with Gasteiger partial charge in [0, 0.05) is 42.2 Å². The smallest absolute Gasteiger partial charge is 0.164 e. The molecule has 0 bridgehead atoms. The summed E-state index contributed by atoms with van der Waals surface area (Å²) in [6.45, 7) is 0. The summed E-state index contributed by atoms with van der Waals surface area (Å²) in [7, 11) is 0. The van der Waals surface area contributed by atoms with Gasteiger partial charge in [-0.05, 0) is 67.0 Å². The first-order valence-electron chi connectivity index (χ1n) is 17.9. The number of thiophene rings is 1. The Bertz CT molecular complexity index is 3220. The van der Waals surface area contributed by atoms with E-state index in [2.05, 4.69) is 170 Å². The fourth-order valence-electron chi connectivity index (χ4n) is 7.89. The molecule has 3 nitrogen and oxygen atoms in total. The minimum atomic E-state index is 0.647. The summed E-state index contributed by atoms with van der Waals surface area (Å²) in [5, 5.41) is 12.1. The van der Waals surface area contributed by atoms with E-state index in [4.69, 9.17) is 15.0 Å². The molecule has 0 spiro atoms. The molecule has 0 unspecified atom stereocenters. The summed E-state index contributed by atoms with van der Waals surface area (Å²) >= 11 is 1.86. The number of fused-ring (bicyclic) bond motifs is 10.